The molecule has 2 saturated carbocycles. The zero-order valence-corrected chi connectivity index (χ0v) is 30.1. The first-order valence-electron chi connectivity index (χ1n) is 17.4. The van der Waals surface area contributed by atoms with Gasteiger partial charge in [0, 0.05) is 52.8 Å². The van der Waals surface area contributed by atoms with Gasteiger partial charge in [-0.15, -0.1) is 11.8 Å². The maximum Gasteiger partial charge on any atom is 0.253 e. The molecule has 5 N–H and O–H groups in total. The fraction of sp³-hybridized carbons (Fsp3) is 0.400. The number of halogens is 1. The molecule has 51 heavy (non-hydrogen) atoms. The second-order valence-electron chi connectivity index (χ2n) is 13.7. The van der Waals surface area contributed by atoms with E-state index in [1.165, 1.54) is 23.1 Å². The van der Waals surface area contributed by atoms with E-state index in [4.69, 9.17) is 21.4 Å². The molecule has 9 nitrogen and oxygen atoms in total. The number of aliphatic hydroxyl groups excluding tert-OH is 5. The maximum absolute atomic E-state index is 13.0. The molecule has 0 aliphatic heterocycles. The first kappa shape index (κ1) is 37.3. The minimum atomic E-state index is -1.75. The van der Waals surface area contributed by atoms with E-state index in [2.05, 4.69) is 35.3 Å². The number of thioether (sulfide) groups is 1. The van der Waals surface area contributed by atoms with Crippen molar-refractivity contribution in [1.29, 1.82) is 0 Å². The topological polar surface area (TPSA) is 144 Å². The number of carbonyl (C=O) groups excluding carboxylic acids is 1. The number of rotatable bonds is 17. The standard InChI is InChI=1S/C40H45ClN2O7S/c1-43(22-34(45)37(47)38(48)35(46)23-44)39(49)26-8-6-25(7-9-26)24-51-29-12-13-33(41)27(20-29)14-16-40(17-18-40)32-21-42-19-15-30(32)31-4-2-3-5-36(31)50-28-10-11-28/h2-9,12-13,15,19-21,28,34-35,37-38,44-48H,10-11,14,16-18,22-24H2,1H3/t34-,35+,37+,38+/m0/s1. The molecule has 3 aromatic carbocycles. The normalized spacial score (nSPS) is 17.3. The lowest BCUT2D eigenvalue weighted by molar-refractivity contribution is -0.117. The summed E-state index contributed by atoms with van der Waals surface area (Å²) >= 11 is 8.42. The Morgan fingerprint density at radius 1 is 0.980 bits per heavy atom. The lowest BCUT2D eigenvalue weighted by atomic mass is 9.85. The summed E-state index contributed by atoms with van der Waals surface area (Å²) in [5, 5.41) is 49.5. The summed E-state index contributed by atoms with van der Waals surface area (Å²) in [6.45, 7) is -1.05. The molecule has 2 aliphatic rings. The molecule has 0 radical (unpaired) electrons. The van der Waals surface area contributed by atoms with Crippen molar-refractivity contribution >= 4 is 29.3 Å². The zero-order valence-electron chi connectivity index (χ0n) is 28.6. The third-order valence-electron chi connectivity index (χ3n) is 9.87. The highest BCUT2D eigenvalue weighted by Gasteiger charge is 2.45. The number of aromatic nitrogens is 1. The summed E-state index contributed by atoms with van der Waals surface area (Å²) in [5.41, 5.74) is 6.20. The zero-order chi connectivity index (χ0) is 36.1. The van der Waals surface area contributed by atoms with Crippen LogP contribution in [0.1, 0.15) is 59.2 Å². The van der Waals surface area contributed by atoms with E-state index >= 15 is 0 Å². The summed E-state index contributed by atoms with van der Waals surface area (Å²) in [7, 11) is 1.47. The average Bonchev–Trinajstić information content (AvgIpc) is 4.11. The van der Waals surface area contributed by atoms with Gasteiger partial charge in [0.2, 0.25) is 0 Å². The summed E-state index contributed by atoms with van der Waals surface area (Å²) in [6, 6.07) is 23.8. The summed E-state index contributed by atoms with van der Waals surface area (Å²) in [4.78, 5) is 19.8. The molecule has 2 fully saturated rings. The smallest absolute Gasteiger partial charge is 0.253 e. The first-order valence-corrected chi connectivity index (χ1v) is 18.7. The van der Waals surface area contributed by atoms with Crippen molar-refractivity contribution in [2.75, 3.05) is 20.2 Å². The molecule has 11 heteroatoms. The van der Waals surface area contributed by atoms with Gasteiger partial charge in [-0.05, 0) is 109 Å². The molecule has 1 aromatic heterocycles. The molecule has 0 bridgehead atoms. The van der Waals surface area contributed by atoms with Crippen LogP contribution in [0.15, 0.2) is 90.1 Å². The Morgan fingerprint density at radius 3 is 2.41 bits per heavy atom. The Kier molecular flexibility index (Phi) is 12.0. The Balaban J connectivity index is 1.05. The molecule has 6 rings (SSSR count). The van der Waals surface area contributed by atoms with Gasteiger partial charge in [-0.2, -0.15) is 0 Å². The minimum absolute atomic E-state index is 0.0531. The molecule has 4 aromatic rings. The highest BCUT2D eigenvalue weighted by Crippen LogP contribution is 2.55. The fourth-order valence-corrected chi connectivity index (χ4v) is 7.51. The van der Waals surface area contributed by atoms with Gasteiger partial charge in [0.15, 0.2) is 0 Å². The van der Waals surface area contributed by atoms with Crippen LogP contribution in [0.25, 0.3) is 11.1 Å². The van der Waals surface area contributed by atoms with E-state index in [0.717, 1.165) is 70.9 Å². The number of aryl methyl sites for hydroxylation is 1. The number of hydrogen-bond donors (Lipinski definition) is 5. The fourth-order valence-electron chi connectivity index (χ4n) is 6.39. The van der Waals surface area contributed by atoms with Crippen molar-refractivity contribution < 1.29 is 35.1 Å². The lowest BCUT2D eigenvalue weighted by Crippen LogP contribution is -2.49. The predicted molar refractivity (Wildman–Crippen MR) is 198 cm³/mol. The number of ether oxygens (including phenoxy) is 1. The van der Waals surface area contributed by atoms with Crippen molar-refractivity contribution in [3.63, 3.8) is 0 Å². The predicted octanol–water partition coefficient (Wildman–Crippen LogP) is 5.41. The van der Waals surface area contributed by atoms with E-state index in [1.807, 2.05) is 42.7 Å². The molecule has 0 unspecified atom stereocenters. The molecule has 4 atom stereocenters. The quantitative estimate of drug-likeness (QED) is 0.0901. The second-order valence-corrected chi connectivity index (χ2v) is 15.2. The Bertz CT molecular complexity index is 1800. The third-order valence-corrected chi connectivity index (χ3v) is 11.3. The lowest BCUT2D eigenvalue weighted by Gasteiger charge is -2.28. The summed E-state index contributed by atoms with van der Waals surface area (Å²) in [5.74, 6) is 1.25. The Hall–Kier alpha value is -3.48. The van der Waals surface area contributed by atoms with E-state index in [-0.39, 0.29) is 17.9 Å². The monoisotopic (exact) mass is 732 g/mol. The molecule has 0 spiro atoms. The first-order chi connectivity index (χ1) is 24.6. The number of para-hydroxylation sites is 1. The van der Waals surface area contributed by atoms with Gasteiger partial charge in [0.1, 0.15) is 30.2 Å². The molecule has 1 heterocycles. The SMILES string of the molecule is CN(C[C@H](O)[C@@H](O)[C@H](O)[C@H](O)CO)C(=O)c1ccc(CSc2ccc(Cl)c(CCC3(c4cnccc4-c4ccccc4OC4CC4)CC3)c2)cc1. The van der Waals surface area contributed by atoms with Crippen molar-refractivity contribution in [3.05, 3.63) is 112 Å². The summed E-state index contributed by atoms with van der Waals surface area (Å²) < 4.78 is 6.28. The maximum atomic E-state index is 13.0. The van der Waals surface area contributed by atoms with Gasteiger partial charge >= 0.3 is 0 Å². The van der Waals surface area contributed by atoms with E-state index in [0.29, 0.717) is 17.4 Å². The van der Waals surface area contributed by atoms with Gasteiger partial charge in [-0.1, -0.05) is 41.9 Å². The highest BCUT2D eigenvalue weighted by molar-refractivity contribution is 7.98. The molecule has 1 amide bonds. The van der Waals surface area contributed by atoms with Crippen LogP contribution in [-0.2, 0) is 17.6 Å². The number of likely N-dealkylation sites (N-methyl/N-ethyl adjacent to an activating group) is 1. The van der Waals surface area contributed by atoms with E-state index < -0.39 is 31.0 Å². The van der Waals surface area contributed by atoms with Crippen LogP contribution >= 0.6 is 23.4 Å². The van der Waals surface area contributed by atoms with Crippen LogP contribution in [-0.4, -0.2) is 92.0 Å². The van der Waals surface area contributed by atoms with Crippen LogP contribution in [0.3, 0.4) is 0 Å². The minimum Gasteiger partial charge on any atom is -0.490 e. The van der Waals surface area contributed by atoms with Gasteiger partial charge in [0.05, 0.1) is 12.7 Å². The third kappa shape index (κ3) is 9.13. The van der Waals surface area contributed by atoms with Gasteiger partial charge in [-0.3, -0.25) is 9.78 Å². The molecule has 2 aliphatic carbocycles. The average molecular weight is 733 g/mol. The van der Waals surface area contributed by atoms with Crippen LogP contribution in [0.2, 0.25) is 5.02 Å². The molecule has 270 valence electrons. The van der Waals surface area contributed by atoms with Crippen molar-refractivity contribution in [2.45, 2.75) is 85.1 Å². The molecular formula is C40H45ClN2O7S. The number of benzene rings is 3. The largest absolute Gasteiger partial charge is 0.490 e. The Labute approximate surface area is 307 Å². The van der Waals surface area contributed by atoms with Crippen molar-refractivity contribution in [1.82, 2.24) is 9.88 Å². The number of carbonyl (C=O) groups is 1. The summed E-state index contributed by atoms with van der Waals surface area (Å²) in [6.07, 6.45) is 3.86. The van der Waals surface area contributed by atoms with Gasteiger partial charge in [0.25, 0.3) is 5.91 Å². The van der Waals surface area contributed by atoms with E-state index in [1.54, 1.807) is 23.9 Å². The van der Waals surface area contributed by atoms with Crippen LogP contribution in [0.5, 0.6) is 5.75 Å². The van der Waals surface area contributed by atoms with Crippen LogP contribution < -0.4 is 4.74 Å². The second kappa shape index (κ2) is 16.5. The van der Waals surface area contributed by atoms with Crippen molar-refractivity contribution in [2.24, 2.45) is 0 Å². The number of aliphatic hydroxyl groups is 5. The number of pyridine rings is 1. The van der Waals surface area contributed by atoms with Gasteiger partial charge in [-0.25, -0.2) is 0 Å². The highest BCUT2D eigenvalue weighted by atomic mass is 35.5. The molecular weight excluding hydrogens is 688 g/mol. The van der Waals surface area contributed by atoms with E-state index in [9.17, 15) is 25.2 Å². The van der Waals surface area contributed by atoms with Gasteiger partial charge < -0.3 is 35.2 Å². The molecule has 0 saturated heterocycles. The Morgan fingerprint density at radius 2 is 1.71 bits per heavy atom. The van der Waals surface area contributed by atoms with Crippen molar-refractivity contribution in [3.8, 4) is 16.9 Å². The number of nitrogens with zero attached hydrogens (tertiary/aromatic N) is 2. The van der Waals surface area contributed by atoms with Crippen LogP contribution in [0.4, 0.5) is 0 Å². The van der Waals surface area contributed by atoms with Crippen LogP contribution in [0, 0.1) is 0 Å². The number of amides is 1. The number of hydrogen-bond acceptors (Lipinski definition) is 9.